The third kappa shape index (κ3) is 14.7. The van der Waals surface area contributed by atoms with Gasteiger partial charge in [0.1, 0.15) is 11.6 Å². The Morgan fingerprint density at radius 3 is 1.93 bits per heavy atom. The minimum atomic E-state index is -0.452. The molecule has 0 bridgehead atoms. The van der Waals surface area contributed by atoms with E-state index < -0.39 is 5.91 Å². The van der Waals surface area contributed by atoms with Crippen molar-refractivity contribution in [3.8, 4) is 0 Å². The fourth-order valence-corrected chi connectivity index (χ4v) is 6.62. The van der Waals surface area contributed by atoms with Crippen molar-refractivity contribution >= 4 is 35.3 Å². The summed E-state index contributed by atoms with van der Waals surface area (Å²) in [6, 6.07) is 7.30. The monoisotopic (exact) mass is 767 g/mol. The number of unbranched alkanes of at least 4 members (excludes halogenated alkanes) is 1. The Morgan fingerprint density at radius 2 is 1.36 bits per heavy atom. The highest BCUT2D eigenvalue weighted by Crippen LogP contribution is 2.20. The Morgan fingerprint density at radius 1 is 0.764 bits per heavy atom. The van der Waals surface area contributed by atoms with Crippen LogP contribution in [0.15, 0.2) is 30.5 Å². The number of aryl methyl sites for hydroxylation is 1. The Labute approximate surface area is 328 Å². The highest BCUT2D eigenvalue weighted by Gasteiger charge is 2.26. The molecule has 0 atom stereocenters. The standard InChI is InChI=1S/C21H34N4O3.C20H32N4O3/c1-4-17(5-2)21(27)25-13-11-24(12-14-25)19-9-8-18(16-23-19)20(26)22-10-7-15-28-6-3;1-3-5-8-19(25)24-13-11-23(12-14-24)18-10-9-16(20(21)26)17(22-18)7-6-15-27-4-2/h8-9,16-17H,4-7,10-15H2,1-3H3,(H,22,26);9-10H,3-8,11-15H2,1-2H3,(H2,21,26). The Hall–Kier alpha value is -4.30. The van der Waals surface area contributed by atoms with Gasteiger partial charge in [-0.25, -0.2) is 9.97 Å². The molecule has 0 spiro atoms. The van der Waals surface area contributed by atoms with Crippen molar-refractivity contribution in [2.24, 2.45) is 11.7 Å². The second-order valence-electron chi connectivity index (χ2n) is 13.8. The minimum absolute atomic E-state index is 0.115. The van der Waals surface area contributed by atoms with Crippen LogP contribution < -0.4 is 20.9 Å². The molecule has 55 heavy (non-hydrogen) atoms. The van der Waals surface area contributed by atoms with E-state index in [-0.39, 0.29) is 23.6 Å². The molecule has 4 rings (SSSR count). The lowest BCUT2D eigenvalue weighted by Gasteiger charge is -2.36. The van der Waals surface area contributed by atoms with Crippen LogP contribution in [-0.2, 0) is 25.5 Å². The summed E-state index contributed by atoms with van der Waals surface area (Å²) in [7, 11) is 0. The molecule has 2 saturated heterocycles. The first-order valence-electron chi connectivity index (χ1n) is 20.4. The fourth-order valence-electron chi connectivity index (χ4n) is 6.62. The van der Waals surface area contributed by atoms with E-state index in [1.807, 2.05) is 41.8 Å². The highest BCUT2D eigenvalue weighted by atomic mass is 16.5. The number of rotatable bonds is 20. The van der Waals surface area contributed by atoms with Gasteiger partial charge in [-0.15, -0.1) is 0 Å². The van der Waals surface area contributed by atoms with Gasteiger partial charge in [0.15, 0.2) is 0 Å². The average Bonchev–Trinajstić information content (AvgIpc) is 3.22. The number of aromatic nitrogens is 2. The molecule has 2 aromatic heterocycles. The highest BCUT2D eigenvalue weighted by molar-refractivity contribution is 5.94. The van der Waals surface area contributed by atoms with Crippen molar-refractivity contribution in [1.82, 2.24) is 25.1 Å². The molecule has 0 radical (unpaired) electrons. The normalized spacial score (nSPS) is 14.4. The maximum absolute atomic E-state index is 12.5. The summed E-state index contributed by atoms with van der Waals surface area (Å²) in [5.74, 6) is 1.77. The predicted molar refractivity (Wildman–Crippen MR) is 216 cm³/mol. The second kappa shape index (κ2) is 25.0. The van der Waals surface area contributed by atoms with E-state index in [1.54, 1.807) is 12.3 Å². The van der Waals surface area contributed by atoms with Gasteiger partial charge in [-0.1, -0.05) is 27.2 Å². The molecule has 14 heteroatoms. The quantitative estimate of drug-likeness (QED) is 0.186. The van der Waals surface area contributed by atoms with Crippen molar-refractivity contribution in [3.63, 3.8) is 0 Å². The summed E-state index contributed by atoms with van der Waals surface area (Å²) in [5.41, 5.74) is 7.25. The third-order valence-corrected chi connectivity index (χ3v) is 10.0. The molecular weight excluding hydrogens is 701 g/mol. The largest absolute Gasteiger partial charge is 0.382 e. The van der Waals surface area contributed by atoms with Gasteiger partial charge in [-0.3, -0.25) is 19.2 Å². The van der Waals surface area contributed by atoms with Crippen LogP contribution in [0.4, 0.5) is 11.6 Å². The number of hydrogen-bond acceptors (Lipinski definition) is 10. The zero-order valence-corrected chi connectivity index (χ0v) is 34.0. The van der Waals surface area contributed by atoms with Crippen molar-refractivity contribution in [2.45, 2.75) is 86.0 Å². The molecule has 0 aliphatic carbocycles. The van der Waals surface area contributed by atoms with Gasteiger partial charge >= 0.3 is 0 Å². The van der Waals surface area contributed by atoms with Gasteiger partial charge < -0.3 is 40.1 Å². The Bertz CT molecular complexity index is 1460. The molecule has 2 aromatic rings. The van der Waals surface area contributed by atoms with Crippen molar-refractivity contribution in [1.29, 1.82) is 0 Å². The smallest absolute Gasteiger partial charge is 0.252 e. The van der Waals surface area contributed by atoms with Gasteiger partial charge in [0.05, 0.1) is 16.8 Å². The van der Waals surface area contributed by atoms with Crippen LogP contribution >= 0.6 is 0 Å². The van der Waals surface area contributed by atoms with E-state index in [4.69, 9.17) is 20.2 Å². The molecule has 2 fully saturated rings. The molecule has 2 aliphatic heterocycles. The van der Waals surface area contributed by atoms with Gasteiger partial charge in [0.25, 0.3) is 11.8 Å². The molecule has 14 nitrogen and oxygen atoms in total. The lowest BCUT2D eigenvalue weighted by molar-refractivity contribution is -0.136. The number of carbonyl (C=O) groups excluding carboxylic acids is 4. The van der Waals surface area contributed by atoms with Crippen LogP contribution in [0.5, 0.6) is 0 Å². The average molecular weight is 767 g/mol. The zero-order valence-electron chi connectivity index (χ0n) is 34.0. The topological polar surface area (TPSA) is 164 Å². The summed E-state index contributed by atoms with van der Waals surface area (Å²) in [6.45, 7) is 19.3. The number of ether oxygens (including phenoxy) is 2. The fraction of sp³-hybridized carbons (Fsp3) is 0.659. The molecular formula is C41H66N8O6. The van der Waals surface area contributed by atoms with Gasteiger partial charge in [-0.2, -0.15) is 0 Å². The molecule has 2 aliphatic rings. The number of nitrogens with one attached hydrogen (secondary N) is 1. The molecule has 3 N–H and O–H groups in total. The molecule has 0 aromatic carbocycles. The van der Waals surface area contributed by atoms with Gasteiger partial charge in [0, 0.05) is 104 Å². The van der Waals surface area contributed by atoms with Crippen LogP contribution in [0.3, 0.4) is 0 Å². The number of piperazine rings is 2. The van der Waals surface area contributed by atoms with E-state index in [1.165, 1.54) is 0 Å². The van der Waals surface area contributed by atoms with Crippen molar-refractivity contribution in [2.75, 3.05) is 95.1 Å². The van der Waals surface area contributed by atoms with E-state index in [9.17, 15) is 19.2 Å². The molecule has 0 unspecified atom stereocenters. The lowest BCUT2D eigenvalue weighted by atomic mass is 10.0. The number of carbonyl (C=O) groups is 4. The van der Waals surface area contributed by atoms with Crippen LogP contribution in [0.1, 0.15) is 106 Å². The van der Waals surface area contributed by atoms with E-state index >= 15 is 0 Å². The maximum atomic E-state index is 12.5. The maximum Gasteiger partial charge on any atom is 0.252 e. The summed E-state index contributed by atoms with van der Waals surface area (Å²) in [6.07, 6.45) is 8.27. The van der Waals surface area contributed by atoms with E-state index in [0.717, 1.165) is 95.1 Å². The number of amides is 4. The number of anilines is 2. The summed E-state index contributed by atoms with van der Waals surface area (Å²) in [5, 5.41) is 2.88. The number of primary amides is 1. The van der Waals surface area contributed by atoms with Crippen LogP contribution in [0.2, 0.25) is 0 Å². The van der Waals surface area contributed by atoms with Crippen molar-refractivity contribution < 1.29 is 28.7 Å². The van der Waals surface area contributed by atoms with Gasteiger partial charge in [0.2, 0.25) is 11.8 Å². The number of hydrogen-bond donors (Lipinski definition) is 2. The van der Waals surface area contributed by atoms with Crippen LogP contribution in [0.25, 0.3) is 0 Å². The molecule has 4 amide bonds. The number of nitrogens with zero attached hydrogens (tertiary/aromatic N) is 6. The first-order valence-corrected chi connectivity index (χ1v) is 20.4. The summed E-state index contributed by atoms with van der Waals surface area (Å²) >= 11 is 0. The first-order chi connectivity index (χ1) is 26.7. The van der Waals surface area contributed by atoms with Crippen LogP contribution in [0, 0.1) is 5.92 Å². The predicted octanol–water partition coefficient (Wildman–Crippen LogP) is 4.31. The second-order valence-corrected chi connectivity index (χ2v) is 13.8. The SMILES string of the molecule is CCCCC(=O)N1CCN(c2ccc(C(N)=O)c(CCCOCC)n2)CC1.CCOCCCNC(=O)c1ccc(N2CCN(C(=O)C(CC)CC)CC2)nc1. The lowest BCUT2D eigenvalue weighted by Crippen LogP contribution is -2.50. The number of pyridine rings is 2. The van der Waals surface area contributed by atoms with Crippen LogP contribution in [-0.4, -0.2) is 129 Å². The zero-order chi connectivity index (χ0) is 40.0. The summed E-state index contributed by atoms with van der Waals surface area (Å²) in [4.78, 5) is 65.9. The molecule has 0 saturated carbocycles. The summed E-state index contributed by atoms with van der Waals surface area (Å²) < 4.78 is 10.6. The van der Waals surface area contributed by atoms with E-state index in [2.05, 4.69) is 40.9 Å². The first kappa shape index (κ1) is 45.1. The Balaban J connectivity index is 0.000000296. The van der Waals surface area contributed by atoms with E-state index in [0.29, 0.717) is 70.0 Å². The Kier molecular flexibility index (Phi) is 20.5. The third-order valence-electron chi connectivity index (χ3n) is 10.0. The molecule has 306 valence electrons. The molecule has 4 heterocycles. The number of nitrogens with two attached hydrogens (primary N) is 1. The van der Waals surface area contributed by atoms with Gasteiger partial charge in [-0.05, 0) is 76.6 Å². The minimum Gasteiger partial charge on any atom is -0.382 e. The van der Waals surface area contributed by atoms with Crippen molar-refractivity contribution in [3.05, 3.63) is 47.3 Å².